The van der Waals surface area contributed by atoms with Crippen LogP contribution in [0.2, 0.25) is 0 Å². The van der Waals surface area contributed by atoms with Crippen molar-refractivity contribution in [2.24, 2.45) is 11.5 Å². The van der Waals surface area contributed by atoms with Gasteiger partial charge in [0, 0.05) is 25.4 Å². The van der Waals surface area contributed by atoms with E-state index < -0.39 is 5.91 Å². The number of ketones is 1. The van der Waals surface area contributed by atoms with Gasteiger partial charge in [-0.15, -0.1) is 0 Å². The normalized spacial score (nSPS) is 11.2. The predicted octanol–water partition coefficient (Wildman–Crippen LogP) is 2.28. The molecule has 0 aliphatic heterocycles. The molecule has 0 saturated heterocycles. The van der Waals surface area contributed by atoms with Crippen molar-refractivity contribution in [3.05, 3.63) is 40.7 Å². The average molecular weight is 578 g/mol. The van der Waals surface area contributed by atoms with Crippen molar-refractivity contribution in [2.45, 2.75) is 40.0 Å². The Balaban J connectivity index is 1.62. The molecule has 2 aromatic rings. The van der Waals surface area contributed by atoms with E-state index >= 15 is 0 Å². The molecule has 0 unspecified atom stereocenters. The number of anilines is 1. The molecule has 12 nitrogen and oxygen atoms in total. The number of carbonyl (C=O) groups is 2. The summed E-state index contributed by atoms with van der Waals surface area (Å²) in [5.74, 6) is -0.543. The summed E-state index contributed by atoms with van der Waals surface area (Å²) in [6.45, 7) is 11.9. The number of carbonyl (C=O) groups excluding carboxylic acids is 2. The Morgan fingerprint density at radius 3 is 1.90 bits per heavy atom. The molecule has 12 heteroatoms. The second-order valence-electron chi connectivity index (χ2n) is 9.31. The number of hydrogen-bond acceptors (Lipinski definition) is 10. The molecule has 0 aliphatic carbocycles. The third-order valence-corrected chi connectivity index (χ3v) is 6.12. The van der Waals surface area contributed by atoms with E-state index in [2.05, 4.69) is 10.4 Å². The topological polar surface area (TPSA) is 162 Å². The van der Waals surface area contributed by atoms with Crippen LogP contribution in [0.15, 0.2) is 18.2 Å². The minimum Gasteiger partial charge on any atom is -0.384 e. The average Bonchev–Trinajstić information content (AvgIpc) is 3.30. The number of amides is 1. The molecule has 1 aromatic heterocycles. The number of benzene rings is 1. The summed E-state index contributed by atoms with van der Waals surface area (Å²) in [7, 11) is 0. The van der Waals surface area contributed by atoms with Gasteiger partial charge in [-0.3, -0.25) is 9.59 Å². The van der Waals surface area contributed by atoms with Gasteiger partial charge in [-0.2, -0.15) is 5.10 Å². The number of rotatable bonds is 24. The molecule has 1 amide bonds. The van der Waals surface area contributed by atoms with Crippen LogP contribution in [0, 0.1) is 6.92 Å². The first-order valence-corrected chi connectivity index (χ1v) is 14.3. The van der Waals surface area contributed by atoms with Gasteiger partial charge >= 0.3 is 0 Å². The quantitative estimate of drug-likeness (QED) is 0.125. The minimum absolute atomic E-state index is 0.0193. The number of aryl methyl sites for hydroxylation is 1. The summed E-state index contributed by atoms with van der Waals surface area (Å²) in [4.78, 5) is 24.1. The van der Waals surface area contributed by atoms with E-state index in [4.69, 9.17) is 35.2 Å². The number of nitrogens with zero attached hydrogens (tertiary/aromatic N) is 2. The highest BCUT2D eigenvalue weighted by Crippen LogP contribution is 2.24. The molecule has 41 heavy (non-hydrogen) atoms. The van der Waals surface area contributed by atoms with Gasteiger partial charge in [0.15, 0.2) is 5.78 Å². The van der Waals surface area contributed by atoms with E-state index in [0.717, 1.165) is 24.2 Å². The van der Waals surface area contributed by atoms with Crippen LogP contribution in [-0.2, 0) is 30.1 Å². The van der Waals surface area contributed by atoms with E-state index in [1.54, 1.807) is 23.7 Å². The van der Waals surface area contributed by atoms with Crippen molar-refractivity contribution in [3.8, 4) is 5.69 Å². The lowest BCUT2D eigenvalue weighted by molar-refractivity contribution is -0.0110. The minimum atomic E-state index is -0.524. The predicted molar refractivity (Wildman–Crippen MR) is 157 cm³/mol. The highest BCUT2D eigenvalue weighted by atomic mass is 16.6. The standard InChI is InChI=1S/C29H47N5O7/c1-4-27-28(23(3)35)22(2)33-34(27)24-7-8-25(29(31)36)26(21-24)32-10-6-12-38-14-16-40-18-20-41-19-17-39-15-13-37-11-5-9-30/h7-8,21,32H,4-6,9-20,30H2,1-3H3,(H2,31,36). The second kappa shape index (κ2) is 20.1. The first kappa shape index (κ1) is 34.3. The highest BCUT2D eigenvalue weighted by Gasteiger charge is 2.19. The molecule has 0 aliphatic rings. The summed E-state index contributed by atoms with van der Waals surface area (Å²) >= 11 is 0. The summed E-state index contributed by atoms with van der Waals surface area (Å²) in [5.41, 5.74) is 14.9. The van der Waals surface area contributed by atoms with E-state index in [-0.39, 0.29) is 5.78 Å². The van der Waals surface area contributed by atoms with E-state index in [9.17, 15) is 9.59 Å². The Kier molecular flexibility index (Phi) is 16.8. The van der Waals surface area contributed by atoms with Crippen molar-refractivity contribution in [1.29, 1.82) is 0 Å². The van der Waals surface area contributed by atoms with Crippen LogP contribution >= 0.6 is 0 Å². The lowest BCUT2D eigenvalue weighted by Gasteiger charge is -2.14. The van der Waals surface area contributed by atoms with Crippen molar-refractivity contribution >= 4 is 17.4 Å². The summed E-state index contributed by atoms with van der Waals surface area (Å²) in [6, 6.07) is 5.29. The maximum Gasteiger partial charge on any atom is 0.250 e. The van der Waals surface area contributed by atoms with Crippen LogP contribution in [0.1, 0.15) is 58.8 Å². The van der Waals surface area contributed by atoms with Gasteiger partial charge < -0.3 is 40.5 Å². The molecule has 0 spiro atoms. The maximum atomic E-state index is 12.1. The Bertz CT molecular complexity index is 1060. The molecule has 1 aromatic carbocycles. The fourth-order valence-corrected chi connectivity index (χ4v) is 4.16. The first-order chi connectivity index (χ1) is 19.9. The van der Waals surface area contributed by atoms with Gasteiger partial charge in [-0.05, 0) is 57.9 Å². The summed E-state index contributed by atoms with van der Waals surface area (Å²) in [5, 5.41) is 7.86. The van der Waals surface area contributed by atoms with Gasteiger partial charge in [0.05, 0.1) is 81.1 Å². The number of nitrogens with one attached hydrogen (secondary N) is 1. The second-order valence-corrected chi connectivity index (χ2v) is 9.31. The third-order valence-electron chi connectivity index (χ3n) is 6.12. The van der Waals surface area contributed by atoms with Gasteiger partial charge in [-0.1, -0.05) is 6.92 Å². The van der Waals surface area contributed by atoms with E-state index in [1.807, 2.05) is 19.9 Å². The van der Waals surface area contributed by atoms with Gasteiger partial charge in [0.1, 0.15) is 0 Å². The maximum absolute atomic E-state index is 12.1. The molecular formula is C29H47N5O7. The summed E-state index contributed by atoms with van der Waals surface area (Å²) in [6.07, 6.45) is 2.23. The van der Waals surface area contributed by atoms with Crippen molar-refractivity contribution in [3.63, 3.8) is 0 Å². The number of aromatic nitrogens is 2. The Labute approximate surface area is 243 Å². The van der Waals surface area contributed by atoms with Crippen LogP contribution in [0.25, 0.3) is 5.69 Å². The fourth-order valence-electron chi connectivity index (χ4n) is 4.16. The third kappa shape index (κ3) is 12.3. The van der Waals surface area contributed by atoms with Crippen molar-refractivity contribution in [2.75, 3.05) is 84.5 Å². The van der Waals surface area contributed by atoms with Gasteiger partial charge in [0.2, 0.25) is 0 Å². The lowest BCUT2D eigenvalue weighted by atomic mass is 10.1. The number of ether oxygens (including phenoxy) is 5. The SMILES string of the molecule is CCc1c(C(C)=O)c(C)nn1-c1ccc(C(N)=O)c(NCCCOCCOCCOCCOCCOCCCN)c1. The molecule has 0 bridgehead atoms. The van der Waals surface area contributed by atoms with E-state index in [0.29, 0.717) is 108 Å². The van der Waals surface area contributed by atoms with Crippen LogP contribution in [0.5, 0.6) is 0 Å². The Morgan fingerprint density at radius 1 is 0.878 bits per heavy atom. The molecule has 2 rings (SSSR count). The monoisotopic (exact) mass is 577 g/mol. The number of Topliss-reactive ketones (excluding diaryl/α,β-unsaturated/α-hetero) is 1. The summed E-state index contributed by atoms with van der Waals surface area (Å²) < 4.78 is 29.1. The number of primary amides is 1. The smallest absolute Gasteiger partial charge is 0.250 e. The molecule has 0 radical (unpaired) electrons. The molecule has 1 heterocycles. The zero-order valence-electron chi connectivity index (χ0n) is 24.7. The first-order valence-electron chi connectivity index (χ1n) is 14.3. The lowest BCUT2D eigenvalue weighted by Crippen LogP contribution is -2.17. The Hall–Kier alpha value is -2.87. The fraction of sp³-hybridized carbons (Fsp3) is 0.621. The van der Waals surface area contributed by atoms with Gasteiger partial charge in [-0.25, -0.2) is 4.68 Å². The van der Waals surface area contributed by atoms with Crippen LogP contribution in [0.4, 0.5) is 5.69 Å². The van der Waals surface area contributed by atoms with Crippen molar-refractivity contribution < 1.29 is 33.3 Å². The zero-order valence-corrected chi connectivity index (χ0v) is 24.7. The van der Waals surface area contributed by atoms with Crippen molar-refractivity contribution in [1.82, 2.24) is 9.78 Å². The molecule has 0 atom stereocenters. The number of nitrogens with two attached hydrogens (primary N) is 2. The van der Waals surface area contributed by atoms with E-state index in [1.165, 1.54) is 0 Å². The van der Waals surface area contributed by atoms with Gasteiger partial charge in [0.25, 0.3) is 5.91 Å². The molecule has 0 saturated carbocycles. The molecule has 230 valence electrons. The van der Waals surface area contributed by atoms with Crippen LogP contribution < -0.4 is 16.8 Å². The highest BCUT2D eigenvalue weighted by molar-refractivity contribution is 5.99. The molecular weight excluding hydrogens is 530 g/mol. The number of hydrogen-bond donors (Lipinski definition) is 3. The Morgan fingerprint density at radius 2 is 1.41 bits per heavy atom. The zero-order chi connectivity index (χ0) is 29.9. The van der Waals surface area contributed by atoms with Crippen LogP contribution in [0.3, 0.4) is 0 Å². The largest absolute Gasteiger partial charge is 0.384 e. The molecule has 0 fully saturated rings. The molecule has 5 N–H and O–H groups in total. The van der Waals surface area contributed by atoms with Crippen LogP contribution in [-0.4, -0.2) is 101 Å².